The van der Waals surface area contributed by atoms with Crippen LogP contribution in [0.1, 0.15) is 20.1 Å². The molecule has 0 bridgehead atoms. The van der Waals surface area contributed by atoms with Crippen LogP contribution >= 0.6 is 22.9 Å². The van der Waals surface area contributed by atoms with Crippen LogP contribution in [0.25, 0.3) is 0 Å². The fourth-order valence-corrected chi connectivity index (χ4v) is 2.64. The van der Waals surface area contributed by atoms with Crippen molar-refractivity contribution in [3.8, 4) is 0 Å². The first kappa shape index (κ1) is 13.5. The third-order valence-electron chi connectivity index (χ3n) is 2.44. The Balaban J connectivity index is 2.28. The van der Waals surface area contributed by atoms with Gasteiger partial charge in [0.1, 0.15) is 4.88 Å². The van der Waals surface area contributed by atoms with Crippen LogP contribution in [-0.2, 0) is 6.54 Å². The van der Waals surface area contributed by atoms with E-state index in [9.17, 15) is 14.9 Å². The van der Waals surface area contributed by atoms with Gasteiger partial charge in [-0.25, -0.2) is 4.79 Å². The highest BCUT2D eigenvalue weighted by Crippen LogP contribution is 2.25. The van der Waals surface area contributed by atoms with E-state index in [0.29, 0.717) is 0 Å². The molecular weight excluding hydrogens is 294 g/mol. The van der Waals surface area contributed by atoms with E-state index in [4.69, 9.17) is 16.7 Å². The highest BCUT2D eigenvalue weighted by molar-refractivity contribution is 7.14. The summed E-state index contributed by atoms with van der Waals surface area (Å²) in [4.78, 5) is 21.8. The Labute approximate surface area is 116 Å². The number of carboxylic acid groups (broad SMARTS) is 1. The van der Waals surface area contributed by atoms with E-state index in [1.807, 2.05) is 0 Å². The Morgan fingerprint density at radius 2 is 2.37 bits per heavy atom. The van der Waals surface area contributed by atoms with Gasteiger partial charge in [0.05, 0.1) is 17.8 Å². The monoisotopic (exact) mass is 301 g/mol. The predicted molar refractivity (Wildman–Crippen MR) is 69.0 cm³/mol. The van der Waals surface area contributed by atoms with Crippen LogP contribution in [0.3, 0.4) is 0 Å². The molecule has 100 valence electrons. The largest absolute Gasteiger partial charge is 0.477 e. The van der Waals surface area contributed by atoms with E-state index in [0.717, 1.165) is 21.8 Å². The van der Waals surface area contributed by atoms with Gasteiger partial charge in [-0.2, -0.15) is 4.68 Å². The fraction of sp³-hybridized carbons (Fsp3) is 0.200. The second kappa shape index (κ2) is 4.98. The maximum Gasteiger partial charge on any atom is 0.408 e. The summed E-state index contributed by atoms with van der Waals surface area (Å²) in [7, 11) is 0. The molecule has 7 nitrogen and oxygen atoms in total. The molecule has 1 N–H and O–H groups in total. The minimum absolute atomic E-state index is 0.0451. The maximum atomic E-state index is 10.8. The lowest BCUT2D eigenvalue weighted by atomic mass is 10.2. The molecule has 0 saturated carbocycles. The van der Waals surface area contributed by atoms with Crippen molar-refractivity contribution in [3.63, 3.8) is 0 Å². The highest BCUT2D eigenvalue weighted by Gasteiger charge is 2.20. The molecule has 0 aliphatic rings. The number of nitrogens with zero attached hydrogens (tertiary/aromatic N) is 3. The molecule has 0 aromatic carbocycles. The molecule has 2 heterocycles. The number of carboxylic acids is 1. The molecule has 2 rings (SSSR count). The molecule has 0 radical (unpaired) electrons. The van der Waals surface area contributed by atoms with E-state index < -0.39 is 16.7 Å². The Hall–Kier alpha value is -1.93. The summed E-state index contributed by atoms with van der Waals surface area (Å²) < 4.78 is 1.32. The smallest absolute Gasteiger partial charge is 0.408 e. The van der Waals surface area contributed by atoms with Gasteiger partial charge in [-0.05, 0) is 23.5 Å². The van der Waals surface area contributed by atoms with Gasteiger partial charge < -0.3 is 15.2 Å². The van der Waals surface area contributed by atoms with E-state index in [1.54, 1.807) is 6.92 Å². The number of carbonyl (C=O) groups is 1. The summed E-state index contributed by atoms with van der Waals surface area (Å²) in [6.07, 6.45) is 1.34. The van der Waals surface area contributed by atoms with Crippen LogP contribution in [0.5, 0.6) is 0 Å². The van der Waals surface area contributed by atoms with Gasteiger partial charge in [0.2, 0.25) is 0 Å². The fourth-order valence-electron chi connectivity index (χ4n) is 1.55. The zero-order chi connectivity index (χ0) is 14.2. The van der Waals surface area contributed by atoms with Crippen molar-refractivity contribution < 1.29 is 14.8 Å². The molecule has 0 aliphatic carbocycles. The lowest BCUT2D eigenvalue weighted by Crippen LogP contribution is -2.01. The van der Waals surface area contributed by atoms with Crippen LogP contribution in [0.15, 0.2) is 12.3 Å². The quantitative estimate of drug-likeness (QED) is 0.691. The number of hydrogen-bond acceptors (Lipinski definition) is 5. The molecule has 0 saturated heterocycles. The summed E-state index contributed by atoms with van der Waals surface area (Å²) in [6, 6.07) is 1.53. The van der Waals surface area contributed by atoms with Crippen LogP contribution < -0.4 is 0 Å². The Kier molecular flexibility index (Phi) is 3.54. The standard InChI is InChI=1S/C10H8ClN3O4S/c1-5-6(2-8(19-5)10(15)16)3-13-4-7(11)9(12-13)14(17)18/h2,4H,3H2,1H3,(H,15,16). The number of rotatable bonds is 4. The minimum atomic E-state index is -0.996. The lowest BCUT2D eigenvalue weighted by Gasteiger charge is -1.95. The normalized spacial score (nSPS) is 10.6. The molecule has 0 unspecified atom stereocenters. The maximum absolute atomic E-state index is 10.8. The van der Waals surface area contributed by atoms with Crippen molar-refractivity contribution in [3.05, 3.63) is 42.7 Å². The van der Waals surface area contributed by atoms with Gasteiger partial charge >= 0.3 is 11.8 Å². The van der Waals surface area contributed by atoms with E-state index in [2.05, 4.69) is 5.10 Å². The molecule has 0 atom stereocenters. The highest BCUT2D eigenvalue weighted by atomic mass is 35.5. The van der Waals surface area contributed by atoms with Gasteiger partial charge in [-0.15, -0.1) is 11.3 Å². The number of aromatic carboxylic acids is 1. The Bertz CT molecular complexity index is 664. The number of halogens is 1. The van der Waals surface area contributed by atoms with Gasteiger partial charge in [0.15, 0.2) is 5.02 Å². The zero-order valence-electron chi connectivity index (χ0n) is 9.66. The van der Waals surface area contributed by atoms with E-state index >= 15 is 0 Å². The lowest BCUT2D eigenvalue weighted by molar-refractivity contribution is -0.389. The number of thiophene rings is 1. The molecule has 0 spiro atoms. The average molecular weight is 302 g/mol. The summed E-state index contributed by atoms with van der Waals surface area (Å²) in [5.41, 5.74) is 0.747. The first-order valence-electron chi connectivity index (χ1n) is 5.08. The van der Waals surface area contributed by atoms with Crippen molar-refractivity contribution in [2.45, 2.75) is 13.5 Å². The third kappa shape index (κ3) is 2.74. The predicted octanol–water partition coefficient (Wildman–Crippen LogP) is 2.56. The van der Waals surface area contributed by atoms with Crippen molar-refractivity contribution in [1.29, 1.82) is 0 Å². The number of hydrogen-bond donors (Lipinski definition) is 1. The molecule has 2 aromatic heterocycles. The summed E-state index contributed by atoms with van der Waals surface area (Å²) in [5, 5.41) is 23.2. The van der Waals surface area contributed by atoms with Gasteiger partial charge in [-0.1, -0.05) is 11.6 Å². The van der Waals surface area contributed by atoms with Gasteiger partial charge in [-0.3, -0.25) is 0 Å². The first-order valence-corrected chi connectivity index (χ1v) is 6.28. The van der Waals surface area contributed by atoms with Gasteiger partial charge in [0.25, 0.3) is 0 Å². The number of nitro groups is 1. The van der Waals surface area contributed by atoms with Crippen molar-refractivity contribution >= 4 is 34.7 Å². The van der Waals surface area contributed by atoms with Crippen LogP contribution in [0, 0.1) is 17.0 Å². The second-order valence-corrected chi connectivity index (χ2v) is 5.42. The first-order chi connectivity index (χ1) is 8.88. The number of aryl methyl sites for hydroxylation is 1. The van der Waals surface area contributed by atoms with Crippen molar-refractivity contribution in [1.82, 2.24) is 9.78 Å². The molecule has 0 fully saturated rings. The van der Waals surface area contributed by atoms with Crippen LogP contribution in [0.4, 0.5) is 5.82 Å². The van der Waals surface area contributed by atoms with Crippen LogP contribution in [-0.4, -0.2) is 25.8 Å². The van der Waals surface area contributed by atoms with Crippen molar-refractivity contribution in [2.75, 3.05) is 0 Å². The van der Waals surface area contributed by atoms with Gasteiger partial charge in [0, 0.05) is 4.88 Å². The minimum Gasteiger partial charge on any atom is -0.477 e. The zero-order valence-corrected chi connectivity index (χ0v) is 11.2. The Morgan fingerprint density at radius 1 is 1.68 bits per heavy atom. The molecule has 19 heavy (non-hydrogen) atoms. The second-order valence-electron chi connectivity index (χ2n) is 3.75. The molecule has 9 heteroatoms. The number of aromatic nitrogens is 2. The van der Waals surface area contributed by atoms with Crippen molar-refractivity contribution in [2.24, 2.45) is 0 Å². The molecular formula is C10H8ClN3O4S. The van der Waals surface area contributed by atoms with E-state index in [1.165, 1.54) is 16.9 Å². The molecule has 2 aromatic rings. The Morgan fingerprint density at radius 3 is 2.84 bits per heavy atom. The molecule has 0 aliphatic heterocycles. The average Bonchev–Trinajstić information content (AvgIpc) is 2.84. The SMILES string of the molecule is Cc1sc(C(=O)O)cc1Cn1cc(Cl)c([N+](=O)[O-])n1. The summed E-state index contributed by atoms with van der Waals surface area (Å²) in [5.74, 6) is -1.41. The summed E-state index contributed by atoms with van der Waals surface area (Å²) >= 11 is 6.84. The van der Waals surface area contributed by atoms with Crippen LogP contribution in [0.2, 0.25) is 5.02 Å². The van der Waals surface area contributed by atoms with E-state index in [-0.39, 0.29) is 16.4 Å². The molecule has 0 amide bonds. The topological polar surface area (TPSA) is 98.3 Å². The summed E-state index contributed by atoms with van der Waals surface area (Å²) in [6.45, 7) is 2.02. The third-order valence-corrected chi connectivity index (χ3v) is 3.78.